The van der Waals surface area contributed by atoms with E-state index in [4.69, 9.17) is 11.6 Å². The van der Waals surface area contributed by atoms with Crippen LogP contribution in [0.1, 0.15) is 25.1 Å². The van der Waals surface area contributed by atoms with Crippen LogP contribution in [0.25, 0.3) is 0 Å². The normalized spacial score (nSPS) is 13.5. The zero-order chi connectivity index (χ0) is 11.4. The fraction of sp³-hybridized carbons (Fsp3) is 0.700. The number of nitrogens with zero attached hydrogens (tertiary/aromatic N) is 3. The van der Waals surface area contributed by atoms with Gasteiger partial charge in [0.15, 0.2) is 0 Å². The Kier molecular flexibility index (Phi) is 4.57. The second kappa shape index (κ2) is 5.49. The highest BCUT2D eigenvalue weighted by molar-refractivity contribution is 6.31. The van der Waals surface area contributed by atoms with Gasteiger partial charge in [0.05, 0.1) is 16.9 Å². The highest BCUT2D eigenvalue weighted by Gasteiger charge is 2.18. The highest BCUT2D eigenvalue weighted by Crippen LogP contribution is 2.23. The topological polar surface area (TPSA) is 41.3 Å². The van der Waals surface area contributed by atoms with Crippen molar-refractivity contribution in [2.24, 2.45) is 0 Å². The molecule has 0 saturated heterocycles. The first-order valence-electron chi connectivity index (χ1n) is 5.10. The first kappa shape index (κ1) is 12.5. The largest absolute Gasteiger partial charge is 0.385 e. The molecule has 0 aromatic carbocycles. The van der Waals surface area contributed by atoms with E-state index >= 15 is 0 Å². The first-order chi connectivity index (χ1) is 7.06. The van der Waals surface area contributed by atoms with Gasteiger partial charge in [0.2, 0.25) is 0 Å². The minimum absolute atomic E-state index is 0.540. The molecule has 1 atom stereocenters. The zero-order valence-corrected chi connectivity index (χ0v) is 10.2. The van der Waals surface area contributed by atoms with Gasteiger partial charge in [-0.2, -0.15) is 5.10 Å². The summed E-state index contributed by atoms with van der Waals surface area (Å²) >= 11 is 6.00. The van der Waals surface area contributed by atoms with Gasteiger partial charge in [-0.25, -0.2) is 0 Å². The van der Waals surface area contributed by atoms with E-state index in [0.29, 0.717) is 17.3 Å². The van der Waals surface area contributed by atoms with Crippen molar-refractivity contribution in [1.82, 2.24) is 14.7 Å². The lowest BCUT2D eigenvalue weighted by atomic mass is 10.2. The molecule has 0 aliphatic heterocycles. The minimum Gasteiger partial charge on any atom is -0.385 e. The van der Waals surface area contributed by atoms with Crippen LogP contribution < -0.4 is 0 Å². The number of halogens is 1. The van der Waals surface area contributed by atoms with Crippen molar-refractivity contribution in [2.75, 3.05) is 20.6 Å². The van der Waals surface area contributed by atoms with E-state index in [0.717, 1.165) is 13.0 Å². The molecule has 4 nitrogen and oxygen atoms in total. The maximum Gasteiger partial charge on any atom is 0.110 e. The van der Waals surface area contributed by atoms with Crippen molar-refractivity contribution in [1.29, 1.82) is 0 Å². The van der Waals surface area contributed by atoms with Crippen LogP contribution >= 0.6 is 11.6 Å². The molecule has 0 spiro atoms. The third kappa shape index (κ3) is 3.19. The van der Waals surface area contributed by atoms with Crippen LogP contribution in [0.15, 0.2) is 6.20 Å². The lowest BCUT2D eigenvalue weighted by Crippen LogP contribution is -2.22. The Morgan fingerprint density at radius 1 is 1.60 bits per heavy atom. The van der Waals surface area contributed by atoms with Crippen LogP contribution in [0.3, 0.4) is 0 Å². The quantitative estimate of drug-likeness (QED) is 0.836. The molecule has 86 valence electrons. The van der Waals surface area contributed by atoms with Crippen LogP contribution in [0.5, 0.6) is 0 Å². The summed E-state index contributed by atoms with van der Waals surface area (Å²) in [7, 11) is 3.83. The van der Waals surface area contributed by atoms with Crippen molar-refractivity contribution in [3.05, 3.63) is 16.9 Å². The number of likely N-dealkylation sites (N-methyl/N-ethyl adjacent to an activating group) is 1. The average Bonchev–Trinajstić information content (AvgIpc) is 2.46. The van der Waals surface area contributed by atoms with Gasteiger partial charge in [-0.1, -0.05) is 18.5 Å². The molecule has 0 aliphatic rings. The van der Waals surface area contributed by atoms with Crippen molar-refractivity contribution in [3.63, 3.8) is 0 Å². The van der Waals surface area contributed by atoms with E-state index in [-0.39, 0.29) is 0 Å². The van der Waals surface area contributed by atoms with Crippen LogP contribution in [0.2, 0.25) is 5.02 Å². The van der Waals surface area contributed by atoms with Crippen LogP contribution in [-0.4, -0.2) is 40.4 Å². The van der Waals surface area contributed by atoms with Gasteiger partial charge in [0, 0.05) is 13.1 Å². The predicted molar refractivity (Wildman–Crippen MR) is 61.0 cm³/mol. The molecule has 0 amide bonds. The maximum absolute atomic E-state index is 9.98. The maximum atomic E-state index is 9.98. The number of rotatable bonds is 5. The lowest BCUT2D eigenvalue weighted by molar-refractivity contribution is 0.129. The predicted octanol–water partition coefficient (Wildman–Crippen LogP) is 1.54. The molecule has 1 aromatic heterocycles. The number of aromatic nitrogens is 2. The summed E-state index contributed by atoms with van der Waals surface area (Å²) < 4.78 is 1.77. The van der Waals surface area contributed by atoms with Gasteiger partial charge in [0.1, 0.15) is 6.10 Å². The Hall–Kier alpha value is -0.580. The van der Waals surface area contributed by atoms with Crippen LogP contribution in [0.4, 0.5) is 0 Å². The lowest BCUT2D eigenvalue weighted by Gasteiger charge is -2.17. The monoisotopic (exact) mass is 231 g/mol. The standard InChI is InChI=1S/C10H18ClN3O/c1-4-5-14-10(8(11)6-12-14)9(15)7-13(2)3/h6,9,15H,4-5,7H2,1-3H3. The third-order valence-corrected chi connectivity index (χ3v) is 2.41. The molecular weight excluding hydrogens is 214 g/mol. The van der Waals surface area contributed by atoms with Gasteiger partial charge < -0.3 is 10.0 Å². The van der Waals surface area contributed by atoms with Crippen LogP contribution in [0, 0.1) is 0 Å². The molecule has 1 aromatic rings. The van der Waals surface area contributed by atoms with Crippen molar-refractivity contribution >= 4 is 11.6 Å². The summed E-state index contributed by atoms with van der Waals surface area (Å²) in [6.45, 7) is 3.40. The molecular formula is C10H18ClN3O. The fourth-order valence-corrected chi connectivity index (χ4v) is 1.79. The van der Waals surface area contributed by atoms with Gasteiger partial charge >= 0.3 is 0 Å². The highest BCUT2D eigenvalue weighted by atomic mass is 35.5. The van der Waals surface area contributed by atoms with E-state index < -0.39 is 6.10 Å². The van der Waals surface area contributed by atoms with Gasteiger partial charge in [0.25, 0.3) is 0 Å². The molecule has 1 N–H and O–H groups in total. The molecule has 15 heavy (non-hydrogen) atoms. The minimum atomic E-state index is -0.582. The summed E-state index contributed by atoms with van der Waals surface area (Å²) in [5, 5.41) is 14.7. The van der Waals surface area contributed by atoms with E-state index in [1.165, 1.54) is 0 Å². The third-order valence-electron chi connectivity index (χ3n) is 2.12. The average molecular weight is 232 g/mol. The van der Waals surface area contributed by atoms with Gasteiger partial charge in [-0.3, -0.25) is 4.68 Å². The Labute approximate surface area is 95.5 Å². The number of hydrogen-bond acceptors (Lipinski definition) is 3. The number of hydrogen-bond donors (Lipinski definition) is 1. The summed E-state index contributed by atoms with van der Waals surface area (Å²) in [5.41, 5.74) is 0.715. The second-order valence-electron chi connectivity index (χ2n) is 3.88. The van der Waals surface area contributed by atoms with Crippen molar-refractivity contribution in [3.8, 4) is 0 Å². The summed E-state index contributed by atoms with van der Waals surface area (Å²) in [6, 6.07) is 0. The fourth-order valence-electron chi connectivity index (χ4n) is 1.53. The van der Waals surface area contributed by atoms with E-state index in [2.05, 4.69) is 12.0 Å². The first-order valence-corrected chi connectivity index (χ1v) is 5.48. The molecule has 1 rings (SSSR count). The van der Waals surface area contributed by atoms with Gasteiger partial charge in [-0.15, -0.1) is 0 Å². The van der Waals surface area contributed by atoms with Crippen molar-refractivity contribution < 1.29 is 5.11 Å². The Balaban J connectivity index is 2.85. The van der Waals surface area contributed by atoms with Crippen LogP contribution in [-0.2, 0) is 6.54 Å². The Morgan fingerprint density at radius 3 is 2.80 bits per heavy atom. The Bertz CT molecular complexity index is 312. The Morgan fingerprint density at radius 2 is 2.27 bits per heavy atom. The van der Waals surface area contributed by atoms with Crippen molar-refractivity contribution in [2.45, 2.75) is 26.0 Å². The SMILES string of the molecule is CCCn1ncc(Cl)c1C(O)CN(C)C. The molecule has 0 aliphatic carbocycles. The molecule has 1 unspecified atom stereocenters. The number of aliphatic hydroxyl groups is 1. The zero-order valence-electron chi connectivity index (χ0n) is 9.44. The van der Waals surface area contributed by atoms with E-state index in [1.807, 2.05) is 19.0 Å². The number of aryl methyl sites for hydroxylation is 1. The second-order valence-corrected chi connectivity index (χ2v) is 4.29. The van der Waals surface area contributed by atoms with E-state index in [1.54, 1.807) is 10.9 Å². The smallest absolute Gasteiger partial charge is 0.110 e. The molecule has 1 heterocycles. The summed E-state index contributed by atoms with van der Waals surface area (Å²) in [4.78, 5) is 1.92. The molecule has 0 fully saturated rings. The van der Waals surface area contributed by atoms with E-state index in [9.17, 15) is 5.11 Å². The molecule has 0 saturated carbocycles. The molecule has 5 heteroatoms. The molecule has 0 bridgehead atoms. The summed E-state index contributed by atoms with van der Waals surface area (Å²) in [6.07, 6.45) is 1.98. The molecule has 0 radical (unpaired) electrons. The summed E-state index contributed by atoms with van der Waals surface area (Å²) in [5.74, 6) is 0. The van der Waals surface area contributed by atoms with Gasteiger partial charge in [-0.05, 0) is 20.5 Å². The number of aliphatic hydroxyl groups excluding tert-OH is 1.